The summed E-state index contributed by atoms with van der Waals surface area (Å²) in [5.41, 5.74) is 3.38. The lowest BCUT2D eigenvalue weighted by molar-refractivity contribution is 0.0615. The standard InChI is InChI=1S/C16H19NO2/c1-11-10-14-15(17-11)4-3-9-16(14,18)12-5-7-13(19-2)8-6-12/h5-8,10,17-18H,3-4,9H2,1-2H3. The Balaban J connectivity index is 2.07. The number of methoxy groups -OCH3 is 1. The van der Waals surface area contributed by atoms with Gasteiger partial charge in [-0.1, -0.05) is 12.1 Å². The minimum Gasteiger partial charge on any atom is -0.497 e. The lowest BCUT2D eigenvalue weighted by Crippen LogP contribution is -2.31. The van der Waals surface area contributed by atoms with Crippen LogP contribution in [0.25, 0.3) is 0 Å². The number of benzene rings is 1. The maximum atomic E-state index is 11.1. The van der Waals surface area contributed by atoms with E-state index < -0.39 is 5.60 Å². The predicted octanol–water partition coefficient (Wildman–Crippen LogP) is 2.90. The van der Waals surface area contributed by atoms with Crippen LogP contribution in [0.5, 0.6) is 5.75 Å². The molecule has 0 fully saturated rings. The van der Waals surface area contributed by atoms with Crippen LogP contribution < -0.4 is 4.74 Å². The zero-order valence-electron chi connectivity index (χ0n) is 11.4. The summed E-state index contributed by atoms with van der Waals surface area (Å²) < 4.78 is 5.18. The van der Waals surface area contributed by atoms with Crippen LogP contribution in [-0.2, 0) is 12.0 Å². The molecule has 0 aliphatic heterocycles. The van der Waals surface area contributed by atoms with Crippen LogP contribution in [0.4, 0.5) is 0 Å². The maximum absolute atomic E-state index is 11.1. The lowest BCUT2D eigenvalue weighted by Gasteiger charge is -2.33. The molecule has 0 saturated carbocycles. The molecule has 100 valence electrons. The summed E-state index contributed by atoms with van der Waals surface area (Å²) in [6.07, 6.45) is 2.78. The number of hydrogen-bond donors (Lipinski definition) is 2. The van der Waals surface area contributed by atoms with Gasteiger partial charge in [0.15, 0.2) is 0 Å². The van der Waals surface area contributed by atoms with Gasteiger partial charge in [0.05, 0.1) is 7.11 Å². The number of aromatic amines is 1. The van der Waals surface area contributed by atoms with Crippen LogP contribution in [0, 0.1) is 6.92 Å². The van der Waals surface area contributed by atoms with Gasteiger partial charge >= 0.3 is 0 Å². The Morgan fingerprint density at radius 3 is 2.68 bits per heavy atom. The second-order valence-electron chi connectivity index (χ2n) is 5.29. The molecular formula is C16H19NO2. The quantitative estimate of drug-likeness (QED) is 0.869. The first-order valence-electron chi connectivity index (χ1n) is 6.69. The van der Waals surface area contributed by atoms with Crippen molar-refractivity contribution in [2.24, 2.45) is 0 Å². The summed E-state index contributed by atoms with van der Waals surface area (Å²) in [6, 6.07) is 9.79. The third-order valence-corrected chi connectivity index (χ3v) is 4.01. The van der Waals surface area contributed by atoms with E-state index in [1.165, 1.54) is 5.69 Å². The molecule has 0 amide bonds. The van der Waals surface area contributed by atoms with E-state index in [4.69, 9.17) is 4.74 Å². The first-order valence-corrected chi connectivity index (χ1v) is 6.69. The second kappa shape index (κ2) is 4.42. The van der Waals surface area contributed by atoms with E-state index in [-0.39, 0.29) is 0 Å². The van der Waals surface area contributed by atoms with E-state index in [1.807, 2.05) is 31.2 Å². The van der Waals surface area contributed by atoms with Gasteiger partial charge in [0.1, 0.15) is 11.4 Å². The lowest BCUT2D eigenvalue weighted by atomic mass is 9.78. The van der Waals surface area contributed by atoms with Crippen molar-refractivity contribution in [3.05, 3.63) is 52.8 Å². The Morgan fingerprint density at radius 2 is 2.00 bits per heavy atom. The Labute approximate surface area is 113 Å². The molecule has 3 rings (SSSR count). The summed E-state index contributed by atoms with van der Waals surface area (Å²) >= 11 is 0. The molecule has 1 unspecified atom stereocenters. The van der Waals surface area contributed by atoms with Crippen molar-refractivity contribution >= 4 is 0 Å². The Hall–Kier alpha value is -1.74. The fraction of sp³-hybridized carbons (Fsp3) is 0.375. The molecule has 3 heteroatoms. The van der Waals surface area contributed by atoms with Crippen molar-refractivity contribution in [1.82, 2.24) is 4.98 Å². The van der Waals surface area contributed by atoms with E-state index >= 15 is 0 Å². The van der Waals surface area contributed by atoms with Gasteiger partial charge in [-0.25, -0.2) is 0 Å². The first-order chi connectivity index (χ1) is 9.13. The summed E-state index contributed by atoms with van der Waals surface area (Å²) in [4.78, 5) is 3.36. The number of aromatic nitrogens is 1. The molecule has 0 bridgehead atoms. The van der Waals surface area contributed by atoms with Crippen molar-refractivity contribution in [1.29, 1.82) is 0 Å². The molecule has 2 N–H and O–H groups in total. The Morgan fingerprint density at radius 1 is 1.26 bits per heavy atom. The number of fused-ring (bicyclic) bond motifs is 1. The fourth-order valence-corrected chi connectivity index (χ4v) is 3.03. The Bertz CT molecular complexity index is 585. The molecule has 0 saturated heterocycles. The van der Waals surface area contributed by atoms with Gasteiger partial charge in [-0.15, -0.1) is 0 Å². The highest BCUT2D eigenvalue weighted by atomic mass is 16.5. The normalized spacial score (nSPS) is 22.1. The molecule has 1 aliphatic rings. The van der Waals surface area contributed by atoms with Gasteiger partial charge in [0.2, 0.25) is 0 Å². The first kappa shape index (κ1) is 12.3. The van der Waals surface area contributed by atoms with Gasteiger partial charge in [-0.05, 0) is 49.9 Å². The molecule has 0 radical (unpaired) electrons. The minimum absolute atomic E-state index is 0.767. The largest absolute Gasteiger partial charge is 0.497 e. The molecule has 3 nitrogen and oxygen atoms in total. The zero-order chi connectivity index (χ0) is 13.5. The van der Waals surface area contributed by atoms with E-state index in [9.17, 15) is 5.11 Å². The number of rotatable bonds is 2. The highest BCUT2D eigenvalue weighted by Crippen LogP contribution is 2.41. The van der Waals surface area contributed by atoms with Crippen molar-refractivity contribution in [2.75, 3.05) is 7.11 Å². The average Bonchev–Trinajstić information content (AvgIpc) is 2.81. The molecule has 1 aromatic carbocycles. The number of H-pyrrole nitrogens is 1. The number of hydrogen-bond acceptors (Lipinski definition) is 2. The van der Waals surface area contributed by atoms with Gasteiger partial charge in [-0.3, -0.25) is 0 Å². The number of nitrogens with one attached hydrogen (secondary N) is 1. The molecule has 19 heavy (non-hydrogen) atoms. The van der Waals surface area contributed by atoms with Crippen LogP contribution in [0.2, 0.25) is 0 Å². The van der Waals surface area contributed by atoms with E-state index in [1.54, 1.807) is 7.11 Å². The number of aliphatic hydroxyl groups is 1. The number of ether oxygens (including phenoxy) is 1. The van der Waals surface area contributed by atoms with Crippen LogP contribution in [0.3, 0.4) is 0 Å². The topological polar surface area (TPSA) is 45.2 Å². The van der Waals surface area contributed by atoms with Crippen LogP contribution >= 0.6 is 0 Å². The van der Waals surface area contributed by atoms with Gasteiger partial charge in [-0.2, -0.15) is 0 Å². The van der Waals surface area contributed by atoms with Gasteiger partial charge in [0, 0.05) is 17.0 Å². The van der Waals surface area contributed by atoms with Crippen molar-refractivity contribution in [3.63, 3.8) is 0 Å². The third-order valence-electron chi connectivity index (χ3n) is 4.01. The summed E-state index contributed by atoms with van der Waals surface area (Å²) in [7, 11) is 1.65. The van der Waals surface area contributed by atoms with E-state index in [0.717, 1.165) is 41.8 Å². The molecule has 2 aromatic rings. The summed E-state index contributed by atoms with van der Waals surface area (Å²) in [6.45, 7) is 2.03. The summed E-state index contributed by atoms with van der Waals surface area (Å²) in [5.74, 6) is 0.814. The van der Waals surface area contributed by atoms with Crippen LogP contribution in [-0.4, -0.2) is 17.2 Å². The molecule has 1 aliphatic carbocycles. The van der Waals surface area contributed by atoms with Gasteiger partial charge in [0.25, 0.3) is 0 Å². The zero-order valence-corrected chi connectivity index (χ0v) is 11.4. The van der Waals surface area contributed by atoms with Crippen LogP contribution in [0.1, 0.15) is 35.4 Å². The predicted molar refractivity (Wildman–Crippen MR) is 74.5 cm³/mol. The molecule has 1 atom stereocenters. The van der Waals surface area contributed by atoms with E-state index in [0.29, 0.717) is 0 Å². The second-order valence-corrected chi connectivity index (χ2v) is 5.29. The smallest absolute Gasteiger partial charge is 0.118 e. The van der Waals surface area contributed by atoms with E-state index in [2.05, 4.69) is 11.1 Å². The summed E-state index contributed by atoms with van der Waals surface area (Å²) in [5, 5.41) is 11.1. The van der Waals surface area contributed by atoms with Crippen molar-refractivity contribution < 1.29 is 9.84 Å². The molecular weight excluding hydrogens is 238 g/mol. The highest BCUT2D eigenvalue weighted by Gasteiger charge is 2.37. The van der Waals surface area contributed by atoms with Crippen LogP contribution in [0.15, 0.2) is 30.3 Å². The Kier molecular flexibility index (Phi) is 2.86. The highest BCUT2D eigenvalue weighted by molar-refractivity contribution is 5.43. The maximum Gasteiger partial charge on any atom is 0.118 e. The minimum atomic E-state index is -0.870. The third kappa shape index (κ3) is 1.94. The fourth-order valence-electron chi connectivity index (χ4n) is 3.03. The van der Waals surface area contributed by atoms with Crippen molar-refractivity contribution in [3.8, 4) is 5.75 Å². The van der Waals surface area contributed by atoms with Crippen molar-refractivity contribution in [2.45, 2.75) is 31.8 Å². The number of aryl methyl sites for hydroxylation is 2. The average molecular weight is 257 g/mol. The SMILES string of the molecule is COc1ccc(C2(O)CCCc3[nH]c(C)cc32)cc1. The molecule has 1 aromatic heterocycles. The monoisotopic (exact) mass is 257 g/mol. The van der Waals surface area contributed by atoms with Gasteiger partial charge < -0.3 is 14.8 Å². The molecule has 1 heterocycles. The molecule has 0 spiro atoms.